The van der Waals surface area contributed by atoms with Gasteiger partial charge < -0.3 is 10.2 Å². The van der Waals surface area contributed by atoms with Gasteiger partial charge >= 0.3 is 0 Å². The van der Waals surface area contributed by atoms with Crippen LogP contribution in [0.3, 0.4) is 0 Å². The first-order valence-corrected chi connectivity index (χ1v) is 10.4. The second-order valence-corrected chi connectivity index (χ2v) is 8.08. The fourth-order valence-electron chi connectivity index (χ4n) is 2.68. The molecular formula is C20H23N3OS2. The van der Waals surface area contributed by atoms with E-state index in [-0.39, 0.29) is 5.91 Å². The molecule has 0 bridgehead atoms. The molecule has 0 fully saturated rings. The fraction of sp³-hybridized carbons (Fsp3) is 0.300. The van der Waals surface area contributed by atoms with Crippen LogP contribution in [0.2, 0.25) is 0 Å². The van der Waals surface area contributed by atoms with Gasteiger partial charge in [-0.15, -0.1) is 22.7 Å². The lowest BCUT2D eigenvalue weighted by Gasteiger charge is -2.19. The standard InChI is InChI=1S/C20H23N3OS2/c1-15-18(26-20(22-15)17-11-8-14-25-17)19(24)21-12-6-7-13-23(2)16-9-4-3-5-10-16/h3-5,8-11,14H,6-7,12-13H2,1-2H3,(H,21,24). The first kappa shape index (κ1) is 18.6. The van der Waals surface area contributed by atoms with Crippen molar-refractivity contribution in [2.45, 2.75) is 19.8 Å². The van der Waals surface area contributed by atoms with E-state index in [0.717, 1.165) is 39.8 Å². The number of amides is 1. The molecule has 26 heavy (non-hydrogen) atoms. The number of benzene rings is 1. The molecule has 2 heterocycles. The molecule has 6 heteroatoms. The molecule has 3 aromatic rings. The van der Waals surface area contributed by atoms with Crippen LogP contribution in [0.15, 0.2) is 47.8 Å². The molecule has 4 nitrogen and oxygen atoms in total. The maximum atomic E-state index is 12.4. The minimum absolute atomic E-state index is 0.0146. The average molecular weight is 386 g/mol. The number of unbranched alkanes of at least 4 members (excludes halogenated alkanes) is 1. The number of carbonyl (C=O) groups excluding carboxylic acids is 1. The lowest BCUT2D eigenvalue weighted by molar-refractivity contribution is 0.0956. The number of nitrogens with zero attached hydrogens (tertiary/aromatic N) is 2. The van der Waals surface area contributed by atoms with Crippen LogP contribution in [0, 0.1) is 6.92 Å². The molecule has 2 aromatic heterocycles. The molecule has 0 atom stereocenters. The van der Waals surface area contributed by atoms with Crippen molar-refractivity contribution in [2.24, 2.45) is 0 Å². The summed E-state index contributed by atoms with van der Waals surface area (Å²) < 4.78 is 0. The summed E-state index contributed by atoms with van der Waals surface area (Å²) in [5.41, 5.74) is 2.03. The quantitative estimate of drug-likeness (QED) is 0.565. The zero-order valence-corrected chi connectivity index (χ0v) is 16.7. The molecule has 0 radical (unpaired) electrons. The largest absolute Gasteiger partial charge is 0.375 e. The highest BCUT2D eigenvalue weighted by Gasteiger charge is 2.16. The van der Waals surface area contributed by atoms with Gasteiger partial charge in [-0.1, -0.05) is 24.3 Å². The van der Waals surface area contributed by atoms with E-state index in [2.05, 4.69) is 34.4 Å². The third kappa shape index (κ3) is 4.71. The molecule has 3 rings (SSSR count). The lowest BCUT2D eigenvalue weighted by atomic mass is 10.2. The number of rotatable bonds is 8. The molecule has 1 aromatic carbocycles. The molecule has 0 unspecified atom stereocenters. The van der Waals surface area contributed by atoms with Crippen LogP contribution >= 0.6 is 22.7 Å². The number of anilines is 1. The second kappa shape index (κ2) is 8.96. The summed E-state index contributed by atoms with van der Waals surface area (Å²) in [6.07, 6.45) is 1.99. The van der Waals surface area contributed by atoms with E-state index in [4.69, 9.17) is 0 Å². The van der Waals surface area contributed by atoms with Crippen molar-refractivity contribution in [1.29, 1.82) is 0 Å². The molecule has 1 amide bonds. The monoisotopic (exact) mass is 385 g/mol. The smallest absolute Gasteiger partial charge is 0.263 e. The minimum atomic E-state index is -0.0146. The maximum Gasteiger partial charge on any atom is 0.263 e. The molecule has 0 aliphatic carbocycles. The molecule has 136 valence electrons. The van der Waals surface area contributed by atoms with Crippen LogP contribution in [-0.2, 0) is 0 Å². The van der Waals surface area contributed by atoms with Gasteiger partial charge in [-0.05, 0) is 43.3 Å². The number of nitrogens with one attached hydrogen (secondary N) is 1. The third-order valence-electron chi connectivity index (χ3n) is 4.14. The third-order valence-corrected chi connectivity index (χ3v) is 6.33. The Kier molecular flexibility index (Phi) is 6.41. The van der Waals surface area contributed by atoms with Crippen molar-refractivity contribution in [1.82, 2.24) is 10.3 Å². The van der Waals surface area contributed by atoms with E-state index in [0.29, 0.717) is 6.54 Å². The van der Waals surface area contributed by atoms with Gasteiger partial charge in [0.2, 0.25) is 0 Å². The summed E-state index contributed by atoms with van der Waals surface area (Å²) in [7, 11) is 2.10. The van der Waals surface area contributed by atoms with Crippen molar-refractivity contribution in [3.05, 3.63) is 58.4 Å². The van der Waals surface area contributed by atoms with Crippen molar-refractivity contribution < 1.29 is 4.79 Å². The van der Waals surface area contributed by atoms with Crippen LogP contribution in [0.25, 0.3) is 9.88 Å². The first-order valence-electron chi connectivity index (χ1n) is 8.71. The van der Waals surface area contributed by atoms with Gasteiger partial charge in [-0.3, -0.25) is 4.79 Å². The van der Waals surface area contributed by atoms with Crippen LogP contribution in [0.4, 0.5) is 5.69 Å². The van der Waals surface area contributed by atoms with E-state index < -0.39 is 0 Å². The van der Waals surface area contributed by atoms with Gasteiger partial charge in [0.25, 0.3) is 5.91 Å². The van der Waals surface area contributed by atoms with E-state index in [9.17, 15) is 4.79 Å². The van der Waals surface area contributed by atoms with Gasteiger partial charge in [0.05, 0.1) is 10.6 Å². The van der Waals surface area contributed by atoms with E-state index in [1.807, 2.05) is 42.6 Å². The Balaban J connectivity index is 1.43. The number of aryl methyl sites for hydroxylation is 1. The maximum absolute atomic E-state index is 12.4. The number of aromatic nitrogens is 1. The van der Waals surface area contributed by atoms with E-state index in [1.54, 1.807) is 11.3 Å². The predicted molar refractivity (Wildman–Crippen MR) is 111 cm³/mol. The Bertz CT molecular complexity index is 828. The molecule has 0 saturated heterocycles. The van der Waals surface area contributed by atoms with E-state index in [1.165, 1.54) is 17.0 Å². The van der Waals surface area contributed by atoms with Crippen molar-refractivity contribution >= 4 is 34.3 Å². The zero-order chi connectivity index (χ0) is 18.4. The SMILES string of the molecule is Cc1nc(-c2cccs2)sc1C(=O)NCCCCN(C)c1ccccc1. The Morgan fingerprint density at radius 3 is 2.69 bits per heavy atom. The Hall–Kier alpha value is -2.18. The zero-order valence-electron chi connectivity index (χ0n) is 15.1. The fourth-order valence-corrected chi connectivity index (χ4v) is 4.46. The van der Waals surface area contributed by atoms with E-state index >= 15 is 0 Å². The Labute approximate surface area is 162 Å². The molecule has 0 aliphatic rings. The summed E-state index contributed by atoms with van der Waals surface area (Å²) in [6, 6.07) is 14.4. The number of thiophene rings is 1. The molecule has 0 spiro atoms. The Morgan fingerprint density at radius 2 is 1.96 bits per heavy atom. The number of carbonyl (C=O) groups is 1. The average Bonchev–Trinajstić information content (AvgIpc) is 3.31. The first-order chi connectivity index (χ1) is 12.6. The van der Waals surface area contributed by atoms with Gasteiger partial charge in [0.1, 0.15) is 9.88 Å². The predicted octanol–water partition coefficient (Wildman–Crippen LogP) is 4.83. The summed E-state index contributed by atoms with van der Waals surface area (Å²) in [5, 5.41) is 5.98. The number of hydrogen-bond acceptors (Lipinski definition) is 5. The summed E-state index contributed by atoms with van der Waals surface area (Å²) in [4.78, 5) is 21.0. The second-order valence-electron chi connectivity index (χ2n) is 6.13. The van der Waals surface area contributed by atoms with Crippen molar-refractivity contribution in [3.63, 3.8) is 0 Å². The summed E-state index contributed by atoms with van der Waals surface area (Å²) >= 11 is 3.12. The molecule has 0 saturated carbocycles. The van der Waals surface area contributed by atoms with Gasteiger partial charge in [0, 0.05) is 25.8 Å². The highest BCUT2D eigenvalue weighted by molar-refractivity contribution is 7.22. The number of thiazole rings is 1. The molecular weight excluding hydrogens is 362 g/mol. The van der Waals surface area contributed by atoms with Crippen LogP contribution < -0.4 is 10.2 Å². The van der Waals surface area contributed by atoms with Gasteiger partial charge in [-0.25, -0.2) is 4.98 Å². The topological polar surface area (TPSA) is 45.2 Å². The number of para-hydroxylation sites is 1. The highest BCUT2D eigenvalue weighted by Crippen LogP contribution is 2.30. The normalized spacial score (nSPS) is 10.7. The highest BCUT2D eigenvalue weighted by atomic mass is 32.1. The number of hydrogen-bond donors (Lipinski definition) is 1. The lowest BCUT2D eigenvalue weighted by Crippen LogP contribution is -2.25. The van der Waals surface area contributed by atoms with Crippen molar-refractivity contribution in [2.75, 3.05) is 25.0 Å². The molecule has 1 N–H and O–H groups in total. The van der Waals surface area contributed by atoms with Crippen LogP contribution in [0.5, 0.6) is 0 Å². The van der Waals surface area contributed by atoms with Gasteiger partial charge in [0.15, 0.2) is 0 Å². The summed E-state index contributed by atoms with van der Waals surface area (Å²) in [5.74, 6) is -0.0146. The van der Waals surface area contributed by atoms with Crippen molar-refractivity contribution in [3.8, 4) is 9.88 Å². The minimum Gasteiger partial charge on any atom is -0.375 e. The Morgan fingerprint density at radius 1 is 1.15 bits per heavy atom. The van der Waals surface area contributed by atoms with Gasteiger partial charge in [-0.2, -0.15) is 0 Å². The van der Waals surface area contributed by atoms with Crippen LogP contribution in [0.1, 0.15) is 28.2 Å². The van der Waals surface area contributed by atoms with Crippen LogP contribution in [-0.4, -0.2) is 31.0 Å². The summed E-state index contributed by atoms with van der Waals surface area (Å²) in [6.45, 7) is 3.56. The molecule has 0 aliphatic heterocycles.